The van der Waals surface area contributed by atoms with Crippen LogP contribution in [0.2, 0.25) is 25.7 Å². The van der Waals surface area contributed by atoms with Gasteiger partial charge in [0.05, 0.1) is 25.0 Å². The fourth-order valence-electron chi connectivity index (χ4n) is 4.95. The Labute approximate surface area is 293 Å². The molecule has 1 atom stereocenters. The van der Waals surface area contributed by atoms with Crippen LogP contribution in [0.3, 0.4) is 0 Å². The van der Waals surface area contributed by atoms with Gasteiger partial charge in [0.25, 0.3) is 0 Å². The zero-order valence-electron chi connectivity index (χ0n) is 29.8. The molecule has 0 spiro atoms. The standard InChI is InChI=1S/C35H48N6O8Si/c1-35(2,3)49-34(45)40-16-15-30(42)37-27-19-25(36-32(43)46-4)13-14-26(27)28-20-41(23-47-17-18-50(5,6)7)31(38-28)29(21-40)39-33(44)48-22-24-11-9-8-10-12-24/h8-14,19-20,29H,15-18,21-23H2,1-7H3,(H,36,43)(H,37,42)(H,39,44). The number of methoxy groups -OCH3 is 1. The lowest BCUT2D eigenvalue weighted by Crippen LogP contribution is -2.45. The van der Waals surface area contributed by atoms with Gasteiger partial charge in [0.1, 0.15) is 30.8 Å². The normalized spacial score (nSPS) is 15.1. The molecule has 3 aromatic rings. The molecule has 0 fully saturated rings. The average Bonchev–Trinajstić information content (AvgIpc) is 3.46. The largest absolute Gasteiger partial charge is 0.453 e. The molecule has 1 aliphatic rings. The maximum Gasteiger partial charge on any atom is 0.411 e. The van der Waals surface area contributed by atoms with Crippen LogP contribution in [0.25, 0.3) is 11.3 Å². The summed E-state index contributed by atoms with van der Waals surface area (Å²) >= 11 is 0. The first-order chi connectivity index (χ1) is 23.6. The second-order valence-electron chi connectivity index (χ2n) is 14.2. The average molecular weight is 709 g/mol. The summed E-state index contributed by atoms with van der Waals surface area (Å²) in [5, 5.41) is 8.42. The summed E-state index contributed by atoms with van der Waals surface area (Å²) in [4.78, 5) is 58.5. The van der Waals surface area contributed by atoms with Gasteiger partial charge in [-0.25, -0.2) is 19.4 Å². The van der Waals surface area contributed by atoms with Gasteiger partial charge >= 0.3 is 18.3 Å². The van der Waals surface area contributed by atoms with Crippen molar-refractivity contribution in [2.75, 3.05) is 37.4 Å². The van der Waals surface area contributed by atoms with Gasteiger partial charge in [-0.2, -0.15) is 0 Å². The molecule has 2 aromatic carbocycles. The Morgan fingerprint density at radius 1 is 1.06 bits per heavy atom. The molecular weight excluding hydrogens is 661 g/mol. The first-order valence-electron chi connectivity index (χ1n) is 16.5. The molecule has 4 rings (SSSR count). The van der Waals surface area contributed by atoms with Crippen molar-refractivity contribution in [3.05, 3.63) is 66.1 Å². The van der Waals surface area contributed by atoms with E-state index in [1.807, 2.05) is 30.3 Å². The molecule has 270 valence electrons. The van der Waals surface area contributed by atoms with Crippen molar-refractivity contribution in [3.63, 3.8) is 0 Å². The fraction of sp³-hybridized carbons (Fsp3) is 0.457. The highest BCUT2D eigenvalue weighted by Gasteiger charge is 2.31. The minimum Gasteiger partial charge on any atom is -0.453 e. The second-order valence-corrected chi connectivity index (χ2v) is 19.8. The monoisotopic (exact) mass is 708 g/mol. The highest BCUT2D eigenvalue weighted by atomic mass is 28.3. The van der Waals surface area contributed by atoms with Gasteiger partial charge in [-0.05, 0) is 50.6 Å². The van der Waals surface area contributed by atoms with E-state index >= 15 is 0 Å². The topological polar surface area (TPSA) is 162 Å². The second kappa shape index (κ2) is 16.7. The van der Waals surface area contributed by atoms with Gasteiger partial charge in [0.2, 0.25) is 5.91 Å². The number of nitrogens with one attached hydrogen (secondary N) is 3. The van der Waals surface area contributed by atoms with Crippen LogP contribution in [0, 0.1) is 0 Å². The van der Waals surface area contributed by atoms with E-state index < -0.39 is 43.9 Å². The minimum absolute atomic E-state index is 0.0319. The van der Waals surface area contributed by atoms with Crippen LogP contribution in [0.5, 0.6) is 0 Å². The van der Waals surface area contributed by atoms with E-state index in [9.17, 15) is 19.2 Å². The Kier molecular flexibility index (Phi) is 12.6. The lowest BCUT2D eigenvalue weighted by atomic mass is 10.1. The predicted octanol–water partition coefficient (Wildman–Crippen LogP) is 6.59. The molecule has 1 aliphatic heterocycles. The molecule has 0 saturated carbocycles. The number of aromatic nitrogens is 2. The van der Waals surface area contributed by atoms with E-state index in [1.165, 1.54) is 12.0 Å². The third-order valence-corrected chi connectivity index (χ3v) is 9.22. The number of alkyl carbamates (subject to hydrolysis) is 1. The van der Waals surface area contributed by atoms with Crippen LogP contribution >= 0.6 is 0 Å². The van der Waals surface area contributed by atoms with Crippen LogP contribution < -0.4 is 16.0 Å². The van der Waals surface area contributed by atoms with Crippen molar-refractivity contribution in [2.45, 2.75) is 77.9 Å². The van der Waals surface area contributed by atoms with E-state index in [0.29, 0.717) is 35.1 Å². The summed E-state index contributed by atoms with van der Waals surface area (Å²) in [6.45, 7) is 12.6. The van der Waals surface area contributed by atoms with Crippen LogP contribution in [-0.4, -0.2) is 79.1 Å². The molecule has 3 N–H and O–H groups in total. The Hall–Kier alpha value is -4.89. The lowest BCUT2D eigenvalue weighted by molar-refractivity contribution is -0.116. The first kappa shape index (κ1) is 37.9. The van der Waals surface area contributed by atoms with E-state index in [-0.39, 0.29) is 32.8 Å². The molecule has 14 nitrogen and oxygen atoms in total. The van der Waals surface area contributed by atoms with Crippen LogP contribution in [0.4, 0.5) is 25.8 Å². The molecule has 0 radical (unpaired) electrons. The summed E-state index contributed by atoms with van der Waals surface area (Å²) in [5.74, 6) is 0.00422. The Morgan fingerprint density at radius 2 is 1.80 bits per heavy atom. The number of rotatable bonds is 9. The number of amides is 4. The zero-order valence-corrected chi connectivity index (χ0v) is 30.8. The number of ether oxygens (including phenoxy) is 4. The predicted molar refractivity (Wildman–Crippen MR) is 191 cm³/mol. The maximum absolute atomic E-state index is 13.5. The summed E-state index contributed by atoms with van der Waals surface area (Å²) in [7, 11) is -0.136. The summed E-state index contributed by atoms with van der Waals surface area (Å²) in [6, 6.07) is 14.3. The Bertz CT molecular complexity index is 1650. The molecule has 4 amide bonds. The number of carbonyl (C=O) groups is 4. The van der Waals surface area contributed by atoms with Gasteiger partial charge in [-0.1, -0.05) is 50.0 Å². The van der Waals surface area contributed by atoms with Gasteiger partial charge in [-0.3, -0.25) is 10.1 Å². The molecule has 0 saturated heterocycles. The number of carbonyl (C=O) groups excluding carboxylic acids is 4. The summed E-state index contributed by atoms with van der Waals surface area (Å²) in [5.41, 5.74) is 1.76. The fourth-order valence-corrected chi connectivity index (χ4v) is 5.71. The van der Waals surface area contributed by atoms with E-state index in [2.05, 4.69) is 35.6 Å². The van der Waals surface area contributed by atoms with Crippen molar-refractivity contribution in [1.29, 1.82) is 0 Å². The Balaban J connectivity index is 1.78. The number of hydrogen-bond donors (Lipinski definition) is 3. The number of fused-ring (bicyclic) bond motifs is 4. The molecular formula is C35H48N6O8Si. The van der Waals surface area contributed by atoms with Gasteiger partial charge in [0, 0.05) is 45.1 Å². The van der Waals surface area contributed by atoms with Crippen LogP contribution in [0.1, 0.15) is 44.6 Å². The van der Waals surface area contributed by atoms with Crippen molar-refractivity contribution < 1.29 is 38.1 Å². The van der Waals surface area contributed by atoms with Crippen molar-refractivity contribution in [3.8, 4) is 11.3 Å². The molecule has 2 bridgehead atoms. The molecule has 2 heterocycles. The van der Waals surface area contributed by atoms with E-state index in [1.54, 1.807) is 49.7 Å². The highest BCUT2D eigenvalue weighted by Crippen LogP contribution is 2.33. The number of nitrogens with zero attached hydrogens (tertiary/aromatic N) is 3. The Morgan fingerprint density at radius 3 is 2.48 bits per heavy atom. The van der Waals surface area contributed by atoms with Gasteiger partial charge < -0.3 is 39.0 Å². The minimum atomic E-state index is -1.39. The van der Waals surface area contributed by atoms with Crippen molar-refractivity contribution in [1.82, 2.24) is 19.8 Å². The first-order valence-corrected chi connectivity index (χ1v) is 20.2. The molecule has 1 aromatic heterocycles. The lowest BCUT2D eigenvalue weighted by Gasteiger charge is -2.30. The molecule has 0 aliphatic carbocycles. The van der Waals surface area contributed by atoms with Crippen LogP contribution in [-0.2, 0) is 37.1 Å². The van der Waals surface area contributed by atoms with Crippen molar-refractivity contribution >= 4 is 43.6 Å². The van der Waals surface area contributed by atoms with Crippen molar-refractivity contribution in [2.24, 2.45) is 0 Å². The van der Waals surface area contributed by atoms with Crippen LogP contribution in [0.15, 0.2) is 54.7 Å². The summed E-state index contributed by atoms with van der Waals surface area (Å²) in [6.07, 6.45) is -0.383. The van der Waals surface area contributed by atoms with Gasteiger partial charge in [0.15, 0.2) is 0 Å². The maximum atomic E-state index is 13.5. The number of imidazole rings is 1. The highest BCUT2D eigenvalue weighted by molar-refractivity contribution is 6.76. The third kappa shape index (κ3) is 11.6. The smallest absolute Gasteiger partial charge is 0.411 e. The summed E-state index contributed by atoms with van der Waals surface area (Å²) < 4.78 is 23.9. The van der Waals surface area contributed by atoms with E-state index in [0.717, 1.165) is 11.6 Å². The number of anilines is 2. The van der Waals surface area contributed by atoms with E-state index in [4.69, 9.17) is 23.9 Å². The van der Waals surface area contributed by atoms with Gasteiger partial charge in [-0.15, -0.1) is 0 Å². The SMILES string of the molecule is COC(=O)Nc1ccc2c(c1)NC(=O)CCN(C(=O)OC(C)(C)C)CC(NC(=O)OCc1ccccc1)c1nc-2cn1COCC[Si](C)(C)C. The molecule has 50 heavy (non-hydrogen) atoms. The third-order valence-electron chi connectivity index (χ3n) is 7.52. The zero-order chi connectivity index (χ0) is 36.5. The molecule has 15 heteroatoms. The number of hydrogen-bond acceptors (Lipinski definition) is 9. The quantitative estimate of drug-likeness (QED) is 0.127. The molecule has 1 unspecified atom stereocenters. The number of benzene rings is 2.